The minimum atomic E-state index is 0.157. The molecule has 0 aliphatic carbocycles. The van der Waals surface area contributed by atoms with Crippen molar-refractivity contribution >= 4 is 11.6 Å². The van der Waals surface area contributed by atoms with E-state index in [-0.39, 0.29) is 5.88 Å². The fraction of sp³-hybridized carbons (Fsp3) is 0.333. The van der Waals surface area contributed by atoms with Crippen LogP contribution in [0.2, 0.25) is 0 Å². The van der Waals surface area contributed by atoms with Crippen LogP contribution in [0.15, 0.2) is 12.4 Å². The third-order valence-electron chi connectivity index (χ3n) is 1.11. The molecule has 0 amide bonds. The van der Waals surface area contributed by atoms with Crippen LogP contribution in [0.5, 0.6) is 0 Å². The lowest BCUT2D eigenvalue weighted by Gasteiger charge is -2.02. The van der Waals surface area contributed by atoms with Gasteiger partial charge in [-0.15, -0.1) is 11.6 Å². The Morgan fingerprint density at radius 1 is 1.80 bits per heavy atom. The molecule has 0 saturated heterocycles. The lowest BCUT2D eigenvalue weighted by molar-refractivity contribution is -0.617. The Hall–Kier alpha value is -0.830. The lowest BCUT2D eigenvalue weighted by Crippen LogP contribution is -2.32. The number of hydrogen-bond acceptors (Lipinski definition) is 2. The molecule has 0 atom stereocenters. The third-order valence-corrected chi connectivity index (χ3v) is 1.35. The number of aryl methyl sites for hydroxylation is 1. The summed E-state index contributed by atoms with van der Waals surface area (Å²) in [6.45, 7) is 1.80. The van der Waals surface area contributed by atoms with Crippen LogP contribution in [0.4, 0.5) is 0 Å². The molecule has 0 aliphatic rings. The zero-order valence-corrected chi connectivity index (χ0v) is 6.30. The van der Waals surface area contributed by atoms with Crippen LogP contribution in [0.3, 0.4) is 0 Å². The van der Waals surface area contributed by atoms with Gasteiger partial charge in [0.15, 0.2) is 0 Å². The average molecular weight is 159 g/mol. The van der Waals surface area contributed by atoms with E-state index in [1.54, 1.807) is 13.1 Å². The first kappa shape index (κ1) is 7.28. The molecule has 4 heteroatoms. The SMILES string of the molecule is Cc1cnc(CCl)[n+]([O-])c1. The minimum Gasteiger partial charge on any atom is -0.711 e. The van der Waals surface area contributed by atoms with Crippen molar-refractivity contribution in [2.24, 2.45) is 0 Å². The fourth-order valence-electron chi connectivity index (χ4n) is 0.619. The van der Waals surface area contributed by atoms with Gasteiger partial charge >= 0.3 is 5.82 Å². The van der Waals surface area contributed by atoms with Gasteiger partial charge in [-0.25, -0.2) is 4.73 Å². The first-order valence-electron chi connectivity index (χ1n) is 2.84. The molecular weight excluding hydrogens is 152 g/mol. The summed E-state index contributed by atoms with van der Waals surface area (Å²) in [6, 6.07) is 0. The molecule has 0 aliphatic heterocycles. The summed E-state index contributed by atoms with van der Waals surface area (Å²) in [7, 11) is 0. The maximum atomic E-state index is 10.8. The van der Waals surface area contributed by atoms with Gasteiger partial charge in [0.25, 0.3) is 0 Å². The smallest absolute Gasteiger partial charge is 0.316 e. The van der Waals surface area contributed by atoms with Gasteiger partial charge in [-0.3, -0.25) is 0 Å². The monoisotopic (exact) mass is 158 g/mol. The molecule has 3 nitrogen and oxygen atoms in total. The molecular formula is C6H7ClN2O. The molecule has 1 rings (SSSR count). The number of hydrogen-bond donors (Lipinski definition) is 0. The standard InChI is InChI=1S/C6H7ClN2O/c1-5-3-8-6(2-7)9(10)4-5/h3-4H,2H2,1H3. The molecule has 1 heterocycles. The highest BCUT2D eigenvalue weighted by atomic mass is 35.5. The van der Waals surface area contributed by atoms with Crippen molar-refractivity contribution in [3.05, 3.63) is 29.0 Å². The van der Waals surface area contributed by atoms with Crippen LogP contribution in [0.1, 0.15) is 11.4 Å². The topological polar surface area (TPSA) is 39.8 Å². The molecule has 1 aromatic heterocycles. The van der Waals surface area contributed by atoms with Gasteiger partial charge in [-0.2, -0.15) is 0 Å². The molecule has 0 fully saturated rings. The van der Waals surface area contributed by atoms with E-state index in [4.69, 9.17) is 11.6 Å². The first-order chi connectivity index (χ1) is 4.74. The summed E-state index contributed by atoms with van der Waals surface area (Å²) in [6.07, 6.45) is 3.07. The van der Waals surface area contributed by atoms with E-state index in [1.807, 2.05) is 0 Å². The molecule has 0 aromatic carbocycles. The van der Waals surface area contributed by atoms with Gasteiger partial charge in [0.1, 0.15) is 18.3 Å². The van der Waals surface area contributed by atoms with Crippen LogP contribution in [-0.2, 0) is 5.88 Å². The molecule has 10 heavy (non-hydrogen) atoms. The Kier molecular flexibility index (Phi) is 2.06. The van der Waals surface area contributed by atoms with Crippen molar-refractivity contribution in [1.29, 1.82) is 0 Å². The normalized spacial score (nSPS) is 9.80. The highest BCUT2D eigenvalue weighted by Crippen LogP contribution is 1.93. The molecule has 0 spiro atoms. The molecule has 0 saturated carbocycles. The number of aromatic nitrogens is 2. The van der Waals surface area contributed by atoms with E-state index in [9.17, 15) is 5.21 Å². The van der Waals surface area contributed by atoms with E-state index < -0.39 is 0 Å². The minimum absolute atomic E-state index is 0.157. The van der Waals surface area contributed by atoms with Crippen LogP contribution >= 0.6 is 11.6 Å². The summed E-state index contributed by atoms with van der Waals surface area (Å²) >= 11 is 5.40. The summed E-state index contributed by atoms with van der Waals surface area (Å²) in [5, 5.41) is 10.8. The van der Waals surface area contributed by atoms with Crippen molar-refractivity contribution in [3.8, 4) is 0 Å². The summed E-state index contributed by atoms with van der Waals surface area (Å²) in [5.74, 6) is 0.497. The zero-order valence-electron chi connectivity index (χ0n) is 5.54. The van der Waals surface area contributed by atoms with Gasteiger partial charge in [0.05, 0.1) is 0 Å². The number of nitrogens with zero attached hydrogens (tertiary/aromatic N) is 2. The second-order valence-corrected chi connectivity index (χ2v) is 2.27. The summed E-state index contributed by atoms with van der Waals surface area (Å²) in [5.41, 5.74) is 0.837. The molecule has 54 valence electrons. The van der Waals surface area contributed by atoms with Crippen LogP contribution in [-0.4, -0.2) is 4.98 Å². The maximum absolute atomic E-state index is 10.8. The molecule has 0 radical (unpaired) electrons. The Labute approximate surface area is 63.9 Å². The Morgan fingerprint density at radius 2 is 2.50 bits per heavy atom. The van der Waals surface area contributed by atoms with Gasteiger partial charge in [0.2, 0.25) is 0 Å². The predicted molar refractivity (Wildman–Crippen MR) is 37.5 cm³/mol. The van der Waals surface area contributed by atoms with Gasteiger partial charge in [-0.05, 0) is 6.92 Å². The van der Waals surface area contributed by atoms with Crippen LogP contribution < -0.4 is 4.73 Å². The molecule has 0 N–H and O–H groups in total. The molecule has 0 unspecified atom stereocenters. The largest absolute Gasteiger partial charge is 0.711 e. The van der Waals surface area contributed by atoms with Gasteiger partial charge in [0, 0.05) is 5.56 Å². The van der Waals surface area contributed by atoms with Crippen molar-refractivity contribution < 1.29 is 4.73 Å². The molecule has 0 bridgehead atoms. The Balaban J connectivity index is 3.07. The maximum Gasteiger partial charge on any atom is 0.316 e. The number of rotatable bonds is 1. The average Bonchev–Trinajstić information content (AvgIpc) is 1.88. The van der Waals surface area contributed by atoms with E-state index >= 15 is 0 Å². The van der Waals surface area contributed by atoms with Gasteiger partial charge < -0.3 is 5.21 Å². The quantitative estimate of drug-likeness (QED) is 0.344. The van der Waals surface area contributed by atoms with E-state index in [1.165, 1.54) is 6.20 Å². The number of alkyl halides is 1. The predicted octanol–water partition coefficient (Wildman–Crippen LogP) is 0.762. The van der Waals surface area contributed by atoms with Crippen molar-refractivity contribution in [2.45, 2.75) is 12.8 Å². The second-order valence-electron chi connectivity index (χ2n) is 2.01. The van der Waals surface area contributed by atoms with Crippen molar-refractivity contribution in [1.82, 2.24) is 4.98 Å². The van der Waals surface area contributed by atoms with E-state index in [0.717, 1.165) is 5.56 Å². The fourth-order valence-corrected chi connectivity index (χ4v) is 0.806. The van der Waals surface area contributed by atoms with Crippen molar-refractivity contribution in [3.63, 3.8) is 0 Å². The van der Waals surface area contributed by atoms with Crippen LogP contribution in [0, 0.1) is 12.1 Å². The number of halogens is 1. The third kappa shape index (κ3) is 1.36. The summed E-state index contributed by atoms with van der Waals surface area (Å²) in [4.78, 5) is 3.81. The molecule has 1 aromatic rings. The highest BCUT2D eigenvalue weighted by molar-refractivity contribution is 6.16. The second kappa shape index (κ2) is 2.84. The van der Waals surface area contributed by atoms with E-state index in [0.29, 0.717) is 10.6 Å². The summed E-state index contributed by atoms with van der Waals surface area (Å²) < 4.78 is 0.683. The lowest BCUT2D eigenvalue weighted by atomic mass is 10.4. The highest BCUT2D eigenvalue weighted by Gasteiger charge is 2.03. The zero-order chi connectivity index (χ0) is 7.56. The van der Waals surface area contributed by atoms with Crippen molar-refractivity contribution in [2.75, 3.05) is 0 Å². The van der Waals surface area contributed by atoms with Crippen LogP contribution in [0.25, 0.3) is 0 Å². The van der Waals surface area contributed by atoms with E-state index in [2.05, 4.69) is 4.98 Å². The Bertz CT molecular complexity index is 239. The Morgan fingerprint density at radius 3 is 3.00 bits per heavy atom. The van der Waals surface area contributed by atoms with Gasteiger partial charge in [-0.1, -0.05) is 4.98 Å². The first-order valence-corrected chi connectivity index (χ1v) is 3.38.